The Bertz CT molecular complexity index is 918. The average Bonchev–Trinajstić information content (AvgIpc) is 3.24. The summed E-state index contributed by atoms with van der Waals surface area (Å²) >= 11 is 0. The third-order valence-electron chi connectivity index (χ3n) is 12.5. The van der Waals surface area contributed by atoms with Crippen LogP contribution >= 0.6 is 0 Å². The van der Waals surface area contributed by atoms with Crippen LogP contribution in [0, 0.1) is 5.92 Å². The van der Waals surface area contributed by atoms with Crippen molar-refractivity contribution in [3.05, 3.63) is 0 Å². The van der Waals surface area contributed by atoms with E-state index in [1.54, 1.807) is 0 Å². The van der Waals surface area contributed by atoms with Crippen LogP contribution in [0.5, 0.6) is 0 Å². The Morgan fingerprint density at radius 3 is 0.803 bits per heavy atom. The lowest BCUT2D eigenvalue weighted by atomic mass is 10.0. The molecule has 0 spiro atoms. The fourth-order valence-corrected chi connectivity index (χ4v) is 8.39. The number of carbonyl (C=O) groups is 3. The lowest BCUT2D eigenvalue weighted by molar-refractivity contribution is -0.167. The van der Waals surface area contributed by atoms with Crippen molar-refractivity contribution in [2.75, 3.05) is 13.2 Å². The number of carbonyl (C=O) groups excluding carboxylic acids is 3. The lowest BCUT2D eigenvalue weighted by Crippen LogP contribution is -2.30. The first-order valence-corrected chi connectivity index (χ1v) is 27.4. The molecule has 0 amide bonds. The number of ether oxygens (including phenoxy) is 3. The third kappa shape index (κ3) is 49.3. The predicted molar refractivity (Wildman–Crippen MR) is 261 cm³/mol. The molecule has 0 N–H and O–H groups in total. The molecule has 1 atom stereocenters. The van der Waals surface area contributed by atoms with Crippen LogP contribution in [0.3, 0.4) is 0 Å². The van der Waals surface area contributed by atoms with Gasteiger partial charge in [-0.15, -0.1) is 0 Å². The van der Waals surface area contributed by atoms with E-state index in [0.29, 0.717) is 19.3 Å². The first-order valence-electron chi connectivity index (χ1n) is 27.4. The van der Waals surface area contributed by atoms with E-state index in [-0.39, 0.29) is 31.1 Å². The molecule has 0 bridgehead atoms. The zero-order valence-electron chi connectivity index (χ0n) is 41.6. The summed E-state index contributed by atoms with van der Waals surface area (Å²) in [7, 11) is 0. The van der Waals surface area contributed by atoms with E-state index in [2.05, 4.69) is 27.7 Å². The molecule has 61 heavy (non-hydrogen) atoms. The van der Waals surface area contributed by atoms with E-state index in [4.69, 9.17) is 14.2 Å². The molecule has 0 aromatic rings. The van der Waals surface area contributed by atoms with Crippen molar-refractivity contribution in [2.24, 2.45) is 5.92 Å². The zero-order chi connectivity index (χ0) is 44.5. The van der Waals surface area contributed by atoms with E-state index in [1.807, 2.05) is 0 Å². The van der Waals surface area contributed by atoms with Crippen LogP contribution in [0.2, 0.25) is 0 Å². The minimum atomic E-state index is -0.761. The maximum Gasteiger partial charge on any atom is 0.306 e. The molecule has 0 saturated heterocycles. The highest BCUT2D eigenvalue weighted by molar-refractivity contribution is 5.71. The molecule has 362 valence electrons. The molecule has 0 rings (SSSR count). The Morgan fingerprint density at radius 1 is 0.311 bits per heavy atom. The highest BCUT2D eigenvalue weighted by atomic mass is 16.6. The number of hydrogen-bond acceptors (Lipinski definition) is 6. The molecular formula is C55H106O6. The Morgan fingerprint density at radius 2 is 0.541 bits per heavy atom. The topological polar surface area (TPSA) is 78.9 Å². The van der Waals surface area contributed by atoms with E-state index in [1.165, 1.54) is 205 Å². The molecule has 0 heterocycles. The quantitative estimate of drug-likeness (QED) is 0.0344. The van der Waals surface area contributed by atoms with Gasteiger partial charge in [-0.1, -0.05) is 272 Å². The highest BCUT2D eigenvalue weighted by Crippen LogP contribution is 2.17. The first-order chi connectivity index (χ1) is 29.9. The number of hydrogen-bond donors (Lipinski definition) is 0. The van der Waals surface area contributed by atoms with Crippen molar-refractivity contribution in [1.82, 2.24) is 0 Å². The molecule has 0 radical (unpaired) electrons. The van der Waals surface area contributed by atoms with Gasteiger partial charge in [-0.05, 0) is 25.2 Å². The Hall–Kier alpha value is -1.59. The van der Waals surface area contributed by atoms with Gasteiger partial charge in [-0.3, -0.25) is 14.4 Å². The largest absolute Gasteiger partial charge is 0.462 e. The summed E-state index contributed by atoms with van der Waals surface area (Å²) in [5, 5.41) is 0. The standard InChI is InChI=1S/C55H106O6/c1-5-7-9-11-13-15-17-19-20-21-22-23-27-31-35-39-43-47-54(57)60-50-52(49-59-53(56)46-42-38-34-30-26-18-16-14-12-10-8-6-2)61-55(58)48-44-40-36-32-28-24-25-29-33-37-41-45-51(3)4/h51-52H,5-50H2,1-4H3/t52-/m0/s1. The van der Waals surface area contributed by atoms with Gasteiger partial charge >= 0.3 is 17.9 Å². The zero-order valence-corrected chi connectivity index (χ0v) is 41.6. The van der Waals surface area contributed by atoms with Gasteiger partial charge in [-0.25, -0.2) is 0 Å². The summed E-state index contributed by atoms with van der Waals surface area (Å²) in [5.74, 6) is -0.0156. The van der Waals surface area contributed by atoms with E-state index >= 15 is 0 Å². The predicted octanol–water partition coefficient (Wildman–Crippen LogP) is 17.8. The van der Waals surface area contributed by atoms with E-state index in [0.717, 1.165) is 63.7 Å². The number of esters is 3. The summed E-state index contributed by atoms with van der Waals surface area (Å²) in [5.41, 5.74) is 0. The van der Waals surface area contributed by atoms with Gasteiger partial charge in [0.05, 0.1) is 0 Å². The maximum atomic E-state index is 12.8. The molecule has 0 aliphatic carbocycles. The third-order valence-corrected chi connectivity index (χ3v) is 12.5. The summed E-state index contributed by atoms with van der Waals surface area (Å²) in [6, 6.07) is 0. The monoisotopic (exact) mass is 863 g/mol. The molecule has 0 aliphatic heterocycles. The molecule has 0 saturated carbocycles. The van der Waals surface area contributed by atoms with Crippen LogP contribution in [-0.4, -0.2) is 37.2 Å². The Balaban J connectivity index is 4.28. The summed E-state index contributed by atoms with van der Waals surface area (Å²) in [6.07, 6.45) is 52.3. The first kappa shape index (κ1) is 59.4. The lowest BCUT2D eigenvalue weighted by Gasteiger charge is -2.18. The maximum absolute atomic E-state index is 12.8. The minimum Gasteiger partial charge on any atom is -0.462 e. The second kappa shape index (κ2) is 49.4. The molecule has 0 fully saturated rings. The summed E-state index contributed by atoms with van der Waals surface area (Å²) in [6.45, 7) is 9.03. The van der Waals surface area contributed by atoms with Gasteiger partial charge in [-0.2, -0.15) is 0 Å². The molecule has 6 nitrogen and oxygen atoms in total. The van der Waals surface area contributed by atoms with Crippen molar-refractivity contribution in [3.8, 4) is 0 Å². The molecule has 0 aliphatic rings. The average molecular weight is 863 g/mol. The second-order valence-electron chi connectivity index (χ2n) is 19.3. The fraction of sp³-hybridized carbons (Fsp3) is 0.945. The van der Waals surface area contributed by atoms with Gasteiger partial charge in [0.2, 0.25) is 0 Å². The summed E-state index contributed by atoms with van der Waals surface area (Å²) < 4.78 is 16.8. The SMILES string of the molecule is CCCCCCCCCCCCCCCCCCCC(=O)OC[C@H](COC(=O)CCCCCCCCCCCCCC)OC(=O)CCCCCCCCCCCCCC(C)C. The number of rotatable bonds is 50. The van der Waals surface area contributed by atoms with Gasteiger partial charge in [0.25, 0.3) is 0 Å². The van der Waals surface area contributed by atoms with Gasteiger partial charge in [0.15, 0.2) is 6.10 Å². The molecule has 0 aromatic heterocycles. The van der Waals surface area contributed by atoms with Crippen molar-refractivity contribution in [3.63, 3.8) is 0 Å². The van der Waals surface area contributed by atoms with Gasteiger partial charge in [0.1, 0.15) is 13.2 Å². The van der Waals surface area contributed by atoms with Crippen LogP contribution in [0.15, 0.2) is 0 Å². The van der Waals surface area contributed by atoms with Gasteiger partial charge in [0, 0.05) is 19.3 Å². The highest BCUT2D eigenvalue weighted by Gasteiger charge is 2.19. The summed E-state index contributed by atoms with van der Waals surface area (Å²) in [4.78, 5) is 38.0. The molecular weight excluding hydrogens is 757 g/mol. The van der Waals surface area contributed by atoms with E-state index < -0.39 is 6.10 Å². The Kier molecular flexibility index (Phi) is 48.1. The molecule has 6 heteroatoms. The van der Waals surface area contributed by atoms with Crippen LogP contribution in [0.4, 0.5) is 0 Å². The van der Waals surface area contributed by atoms with Crippen LogP contribution in [-0.2, 0) is 28.6 Å². The van der Waals surface area contributed by atoms with Crippen LogP contribution in [0.1, 0.15) is 310 Å². The van der Waals surface area contributed by atoms with Crippen LogP contribution < -0.4 is 0 Å². The van der Waals surface area contributed by atoms with Crippen molar-refractivity contribution < 1.29 is 28.6 Å². The minimum absolute atomic E-state index is 0.0624. The Labute approximate surface area is 380 Å². The number of unbranched alkanes of at least 4 members (excludes halogenated alkanes) is 37. The van der Waals surface area contributed by atoms with Crippen LogP contribution in [0.25, 0.3) is 0 Å². The second-order valence-corrected chi connectivity index (χ2v) is 19.3. The fourth-order valence-electron chi connectivity index (χ4n) is 8.39. The van der Waals surface area contributed by atoms with Crippen molar-refractivity contribution in [1.29, 1.82) is 0 Å². The van der Waals surface area contributed by atoms with Crippen molar-refractivity contribution in [2.45, 2.75) is 316 Å². The normalized spacial score (nSPS) is 12.0. The smallest absolute Gasteiger partial charge is 0.306 e. The van der Waals surface area contributed by atoms with Crippen molar-refractivity contribution >= 4 is 17.9 Å². The molecule has 0 unspecified atom stereocenters. The molecule has 0 aromatic carbocycles. The van der Waals surface area contributed by atoms with Gasteiger partial charge < -0.3 is 14.2 Å². The van der Waals surface area contributed by atoms with E-state index in [9.17, 15) is 14.4 Å².